The minimum absolute atomic E-state index is 0.137. The SMILES string of the molecule is COC(=O)CN(C)C(=O)C1=NNC(=O)CC1. The monoisotopic (exact) mass is 227 g/mol. The van der Waals surface area contributed by atoms with Crippen molar-refractivity contribution in [2.45, 2.75) is 12.8 Å². The Labute approximate surface area is 92.4 Å². The maximum Gasteiger partial charge on any atom is 0.325 e. The molecule has 1 aliphatic heterocycles. The number of nitrogens with one attached hydrogen (secondary N) is 1. The first kappa shape index (κ1) is 12.2. The Morgan fingerprint density at radius 2 is 2.19 bits per heavy atom. The Morgan fingerprint density at radius 3 is 2.69 bits per heavy atom. The predicted octanol–water partition coefficient (Wildman–Crippen LogP) is -1.12. The minimum atomic E-state index is -0.503. The van der Waals surface area contributed by atoms with E-state index in [1.54, 1.807) is 0 Å². The molecular formula is C9H13N3O4. The van der Waals surface area contributed by atoms with E-state index in [0.717, 1.165) is 0 Å². The van der Waals surface area contributed by atoms with Crippen molar-refractivity contribution in [3.8, 4) is 0 Å². The van der Waals surface area contributed by atoms with E-state index in [0.29, 0.717) is 0 Å². The topological polar surface area (TPSA) is 88.1 Å². The van der Waals surface area contributed by atoms with Crippen molar-refractivity contribution in [1.82, 2.24) is 10.3 Å². The molecule has 0 aromatic rings. The van der Waals surface area contributed by atoms with Gasteiger partial charge in [0.1, 0.15) is 12.3 Å². The van der Waals surface area contributed by atoms with Gasteiger partial charge in [-0.15, -0.1) is 0 Å². The van der Waals surface area contributed by atoms with E-state index in [9.17, 15) is 14.4 Å². The molecule has 0 spiro atoms. The number of hydrogen-bond acceptors (Lipinski definition) is 5. The van der Waals surface area contributed by atoms with E-state index >= 15 is 0 Å². The smallest absolute Gasteiger partial charge is 0.325 e. The lowest BCUT2D eigenvalue weighted by atomic mass is 10.1. The molecule has 16 heavy (non-hydrogen) atoms. The summed E-state index contributed by atoms with van der Waals surface area (Å²) in [5, 5.41) is 3.64. The number of hydrazone groups is 1. The van der Waals surface area contributed by atoms with E-state index in [4.69, 9.17) is 0 Å². The summed E-state index contributed by atoms with van der Waals surface area (Å²) in [5.41, 5.74) is 2.46. The van der Waals surface area contributed by atoms with Gasteiger partial charge in [-0.3, -0.25) is 14.4 Å². The molecule has 2 amide bonds. The number of carbonyl (C=O) groups is 3. The maximum absolute atomic E-state index is 11.7. The van der Waals surface area contributed by atoms with E-state index in [1.165, 1.54) is 19.1 Å². The third-order valence-electron chi connectivity index (χ3n) is 2.09. The molecule has 0 saturated carbocycles. The number of likely N-dealkylation sites (N-methyl/N-ethyl adjacent to an activating group) is 1. The standard InChI is InChI=1S/C9H13N3O4/c1-12(5-8(14)16-2)9(15)6-3-4-7(13)11-10-6/h3-5H2,1-2H3,(H,11,13). The van der Waals surface area contributed by atoms with Crippen LogP contribution >= 0.6 is 0 Å². The number of hydrogen-bond donors (Lipinski definition) is 1. The van der Waals surface area contributed by atoms with E-state index in [1.807, 2.05) is 0 Å². The number of rotatable bonds is 3. The van der Waals surface area contributed by atoms with Crippen LogP contribution in [-0.2, 0) is 19.1 Å². The zero-order valence-electron chi connectivity index (χ0n) is 9.15. The fourth-order valence-electron chi connectivity index (χ4n) is 1.18. The summed E-state index contributed by atoms with van der Waals surface area (Å²) in [5.74, 6) is -1.10. The number of methoxy groups -OCH3 is 1. The van der Waals surface area contributed by atoms with Crippen molar-refractivity contribution >= 4 is 23.5 Å². The summed E-state index contributed by atoms with van der Waals surface area (Å²) in [6.07, 6.45) is 0.521. The maximum atomic E-state index is 11.7. The van der Waals surface area contributed by atoms with Crippen molar-refractivity contribution in [2.24, 2.45) is 5.10 Å². The van der Waals surface area contributed by atoms with Gasteiger partial charge in [-0.2, -0.15) is 5.10 Å². The first-order chi connectivity index (χ1) is 7.54. The van der Waals surface area contributed by atoms with Gasteiger partial charge in [0.2, 0.25) is 5.91 Å². The van der Waals surface area contributed by atoms with E-state index in [2.05, 4.69) is 15.3 Å². The molecule has 0 radical (unpaired) electrons. The van der Waals surface area contributed by atoms with Crippen molar-refractivity contribution < 1.29 is 19.1 Å². The van der Waals surface area contributed by atoms with Crippen LogP contribution in [0.5, 0.6) is 0 Å². The molecule has 1 N–H and O–H groups in total. The van der Waals surface area contributed by atoms with Crippen LogP contribution in [0.3, 0.4) is 0 Å². The molecule has 0 atom stereocenters. The van der Waals surface area contributed by atoms with Gasteiger partial charge in [0.15, 0.2) is 0 Å². The molecule has 7 heteroatoms. The molecule has 1 heterocycles. The molecule has 1 aliphatic rings. The lowest BCUT2D eigenvalue weighted by Gasteiger charge is -2.18. The van der Waals surface area contributed by atoms with Crippen LogP contribution in [0.2, 0.25) is 0 Å². The van der Waals surface area contributed by atoms with Gasteiger partial charge in [0, 0.05) is 19.9 Å². The van der Waals surface area contributed by atoms with Crippen LogP contribution in [0.25, 0.3) is 0 Å². The lowest BCUT2D eigenvalue weighted by Crippen LogP contribution is -2.40. The van der Waals surface area contributed by atoms with Crippen LogP contribution in [-0.4, -0.2) is 49.1 Å². The molecule has 1 rings (SSSR count). The van der Waals surface area contributed by atoms with E-state index in [-0.39, 0.29) is 36.9 Å². The molecule has 0 aromatic carbocycles. The highest BCUT2D eigenvalue weighted by atomic mass is 16.5. The summed E-state index contributed by atoms with van der Waals surface area (Å²) in [6.45, 7) is -0.137. The van der Waals surface area contributed by atoms with Crippen molar-refractivity contribution in [3.63, 3.8) is 0 Å². The van der Waals surface area contributed by atoms with Crippen molar-refractivity contribution in [1.29, 1.82) is 0 Å². The molecule has 7 nitrogen and oxygen atoms in total. The average molecular weight is 227 g/mol. The highest BCUT2D eigenvalue weighted by Gasteiger charge is 2.22. The van der Waals surface area contributed by atoms with Gasteiger partial charge in [-0.05, 0) is 0 Å². The largest absolute Gasteiger partial charge is 0.468 e. The van der Waals surface area contributed by atoms with Crippen LogP contribution in [0.4, 0.5) is 0 Å². The normalized spacial score (nSPS) is 14.9. The molecule has 88 valence electrons. The van der Waals surface area contributed by atoms with Crippen LogP contribution in [0.15, 0.2) is 5.10 Å². The first-order valence-corrected chi connectivity index (χ1v) is 4.72. The average Bonchev–Trinajstić information content (AvgIpc) is 2.28. The zero-order valence-corrected chi connectivity index (χ0v) is 9.15. The van der Waals surface area contributed by atoms with Gasteiger partial charge in [-0.1, -0.05) is 0 Å². The van der Waals surface area contributed by atoms with Crippen LogP contribution in [0, 0.1) is 0 Å². The molecule has 0 fully saturated rings. The highest BCUT2D eigenvalue weighted by Crippen LogP contribution is 2.02. The molecule has 0 unspecified atom stereocenters. The fraction of sp³-hybridized carbons (Fsp3) is 0.556. The van der Waals surface area contributed by atoms with Gasteiger partial charge in [0.05, 0.1) is 7.11 Å². The summed E-state index contributed by atoms with van der Waals surface area (Å²) in [4.78, 5) is 34.6. The quantitative estimate of drug-likeness (QED) is 0.619. The summed E-state index contributed by atoms with van der Waals surface area (Å²) in [7, 11) is 2.72. The molecular weight excluding hydrogens is 214 g/mol. The third-order valence-corrected chi connectivity index (χ3v) is 2.09. The van der Waals surface area contributed by atoms with Gasteiger partial charge in [-0.25, -0.2) is 5.43 Å². The van der Waals surface area contributed by atoms with Crippen molar-refractivity contribution in [3.05, 3.63) is 0 Å². The van der Waals surface area contributed by atoms with Gasteiger partial charge < -0.3 is 9.64 Å². The van der Waals surface area contributed by atoms with E-state index < -0.39 is 5.97 Å². The Balaban J connectivity index is 2.57. The highest BCUT2D eigenvalue weighted by molar-refractivity contribution is 6.39. The summed E-state index contributed by atoms with van der Waals surface area (Å²) >= 11 is 0. The van der Waals surface area contributed by atoms with Crippen LogP contribution in [0.1, 0.15) is 12.8 Å². The van der Waals surface area contributed by atoms with Crippen LogP contribution < -0.4 is 5.43 Å². The Morgan fingerprint density at radius 1 is 1.50 bits per heavy atom. The number of carbonyl (C=O) groups excluding carboxylic acids is 3. The number of nitrogens with zero attached hydrogens (tertiary/aromatic N) is 2. The second-order valence-corrected chi connectivity index (χ2v) is 3.33. The second-order valence-electron chi connectivity index (χ2n) is 3.33. The molecule has 0 aromatic heterocycles. The second kappa shape index (κ2) is 5.24. The minimum Gasteiger partial charge on any atom is -0.468 e. The van der Waals surface area contributed by atoms with Gasteiger partial charge in [0.25, 0.3) is 5.91 Å². The Hall–Kier alpha value is -1.92. The Bertz CT molecular complexity index is 351. The van der Waals surface area contributed by atoms with Crippen molar-refractivity contribution in [2.75, 3.05) is 20.7 Å². The summed E-state index contributed by atoms with van der Waals surface area (Å²) < 4.78 is 4.43. The summed E-state index contributed by atoms with van der Waals surface area (Å²) in [6, 6.07) is 0. The molecule has 0 aliphatic carbocycles. The number of amides is 2. The third kappa shape index (κ3) is 3.04. The van der Waals surface area contributed by atoms with Gasteiger partial charge >= 0.3 is 5.97 Å². The lowest BCUT2D eigenvalue weighted by molar-refractivity contribution is -0.144. The zero-order chi connectivity index (χ0) is 12.1. The first-order valence-electron chi connectivity index (χ1n) is 4.72. The molecule has 0 bridgehead atoms. The number of esters is 1. The fourth-order valence-corrected chi connectivity index (χ4v) is 1.18. The Kier molecular flexibility index (Phi) is 3.98. The number of ether oxygens (including phenoxy) is 1. The molecule has 0 saturated heterocycles. The predicted molar refractivity (Wildman–Crippen MR) is 54.5 cm³/mol.